The van der Waals surface area contributed by atoms with Gasteiger partial charge in [0.25, 0.3) is 5.91 Å². The molecule has 0 radical (unpaired) electrons. The predicted octanol–water partition coefficient (Wildman–Crippen LogP) is 4.70. The summed E-state index contributed by atoms with van der Waals surface area (Å²) in [5.41, 5.74) is 5.05. The van der Waals surface area contributed by atoms with E-state index in [2.05, 4.69) is 10.5 Å². The summed E-state index contributed by atoms with van der Waals surface area (Å²) < 4.78 is 44.1. The van der Waals surface area contributed by atoms with E-state index in [1.807, 2.05) is 4.90 Å². The van der Waals surface area contributed by atoms with Crippen LogP contribution in [0.3, 0.4) is 0 Å². The first-order valence-corrected chi connectivity index (χ1v) is 9.99. The number of rotatable bonds is 5. The number of alkyl halides is 3. The summed E-state index contributed by atoms with van der Waals surface area (Å²) in [7, 11) is 1.43. The summed E-state index contributed by atoms with van der Waals surface area (Å²) in [6.07, 6.45) is -2.98. The maximum atomic E-state index is 13.0. The number of phenolic OH excluding ortho intramolecular Hbond substituents is 1. The van der Waals surface area contributed by atoms with Crippen molar-refractivity contribution < 1.29 is 27.8 Å². The molecule has 33 heavy (non-hydrogen) atoms. The summed E-state index contributed by atoms with van der Waals surface area (Å²) in [6.45, 7) is 0.855. The van der Waals surface area contributed by atoms with Gasteiger partial charge in [-0.3, -0.25) is 4.79 Å². The molecule has 1 aliphatic rings. The number of phenols is 1. The van der Waals surface area contributed by atoms with Crippen LogP contribution >= 0.6 is 0 Å². The van der Waals surface area contributed by atoms with Crippen LogP contribution in [0.4, 0.5) is 18.9 Å². The molecule has 1 heterocycles. The number of anilines is 1. The smallest absolute Gasteiger partial charge is 0.416 e. The minimum Gasteiger partial charge on any atom is -0.504 e. The molecular formula is C24H20F3N3O3. The predicted molar refractivity (Wildman–Crippen MR) is 117 cm³/mol. The summed E-state index contributed by atoms with van der Waals surface area (Å²) in [5.74, 6) is -0.137. The van der Waals surface area contributed by atoms with Gasteiger partial charge >= 0.3 is 6.18 Å². The molecule has 0 bridgehead atoms. The van der Waals surface area contributed by atoms with E-state index in [0.717, 1.165) is 23.3 Å². The SMILES string of the molecule is COc1cc(C=NNC(=O)c2ccc3c(c2)CN(c2cccc(C(F)(F)F)c2)C3)ccc1O. The van der Waals surface area contributed by atoms with Gasteiger partial charge in [0.2, 0.25) is 0 Å². The summed E-state index contributed by atoms with van der Waals surface area (Å²) in [5, 5.41) is 13.6. The average molecular weight is 455 g/mol. The van der Waals surface area contributed by atoms with Crippen molar-refractivity contribution in [1.82, 2.24) is 5.43 Å². The number of fused-ring (bicyclic) bond motifs is 1. The second-order valence-corrected chi connectivity index (χ2v) is 7.52. The number of methoxy groups -OCH3 is 1. The van der Waals surface area contributed by atoms with E-state index < -0.39 is 17.6 Å². The Hall–Kier alpha value is -4.01. The Labute approximate surface area is 187 Å². The lowest BCUT2D eigenvalue weighted by atomic mass is 10.1. The van der Waals surface area contributed by atoms with Gasteiger partial charge in [-0.15, -0.1) is 0 Å². The number of carbonyl (C=O) groups excluding carboxylic acids is 1. The lowest BCUT2D eigenvalue weighted by molar-refractivity contribution is -0.137. The van der Waals surface area contributed by atoms with E-state index in [1.165, 1.54) is 25.5 Å². The maximum absolute atomic E-state index is 13.0. The Morgan fingerprint density at radius 3 is 2.64 bits per heavy atom. The number of amides is 1. The first-order chi connectivity index (χ1) is 15.7. The van der Waals surface area contributed by atoms with Crippen molar-refractivity contribution in [2.75, 3.05) is 12.0 Å². The number of hydrazone groups is 1. The number of ether oxygens (including phenoxy) is 1. The van der Waals surface area contributed by atoms with E-state index in [4.69, 9.17) is 4.74 Å². The average Bonchev–Trinajstić information content (AvgIpc) is 3.23. The molecule has 1 amide bonds. The first kappa shape index (κ1) is 22.2. The molecule has 0 aromatic heterocycles. The standard InChI is InChI=1S/C24H20F3N3O3/c1-33-22-9-15(5-8-21(22)31)12-28-29-23(32)16-6-7-17-13-30(14-18(17)10-16)20-4-2-3-19(11-20)24(25,26)27/h2-12,31H,13-14H2,1H3,(H,29,32). The number of benzene rings is 3. The molecule has 0 atom stereocenters. The maximum Gasteiger partial charge on any atom is 0.416 e. The molecular weight excluding hydrogens is 435 g/mol. The highest BCUT2D eigenvalue weighted by Crippen LogP contribution is 2.34. The molecule has 3 aromatic carbocycles. The van der Waals surface area contributed by atoms with Crippen LogP contribution in [0.5, 0.6) is 11.5 Å². The zero-order chi connectivity index (χ0) is 23.6. The van der Waals surface area contributed by atoms with Gasteiger partial charge in [0.05, 0.1) is 18.9 Å². The van der Waals surface area contributed by atoms with Crippen LogP contribution in [-0.2, 0) is 19.3 Å². The van der Waals surface area contributed by atoms with Crippen LogP contribution in [0.25, 0.3) is 0 Å². The lowest BCUT2D eigenvalue weighted by Crippen LogP contribution is -2.18. The summed E-state index contributed by atoms with van der Waals surface area (Å²) in [6, 6.07) is 15.0. The van der Waals surface area contributed by atoms with Gasteiger partial charge in [-0.1, -0.05) is 12.1 Å². The fraction of sp³-hybridized carbons (Fsp3) is 0.167. The second-order valence-electron chi connectivity index (χ2n) is 7.52. The Kier molecular flexibility index (Phi) is 5.95. The first-order valence-electron chi connectivity index (χ1n) is 9.99. The summed E-state index contributed by atoms with van der Waals surface area (Å²) >= 11 is 0. The highest BCUT2D eigenvalue weighted by molar-refractivity contribution is 5.95. The Morgan fingerprint density at radius 2 is 1.88 bits per heavy atom. The van der Waals surface area contributed by atoms with Gasteiger partial charge < -0.3 is 14.7 Å². The molecule has 9 heteroatoms. The molecule has 0 fully saturated rings. The lowest BCUT2D eigenvalue weighted by Gasteiger charge is -2.19. The van der Waals surface area contributed by atoms with Crippen LogP contribution in [0.15, 0.2) is 65.8 Å². The monoisotopic (exact) mass is 455 g/mol. The molecule has 0 saturated heterocycles. The number of hydrogen-bond acceptors (Lipinski definition) is 5. The van der Waals surface area contributed by atoms with Crippen LogP contribution in [-0.4, -0.2) is 24.3 Å². The van der Waals surface area contributed by atoms with E-state index in [-0.39, 0.29) is 11.5 Å². The quantitative estimate of drug-likeness (QED) is 0.432. The number of aromatic hydroxyl groups is 1. The molecule has 170 valence electrons. The third-order valence-corrected chi connectivity index (χ3v) is 5.31. The molecule has 0 aliphatic carbocycles. The van der Waals surface area contributed by atoms with E-state index in [1.54, 1.807) is 36.4 Å². The Balaban J connectivity index is 1.43. The normalized spacial score (nSPS) is 13.3. The molecule has 3 aromatic rings. The van der Waals surface area contributed by atoms with Crippen LogP contribution in [0.2, 0.25) is 0 Å². The second kappa shape index (κ2) is 8.85. The van der Waals surface area contributed by atoms with Crippen molar-refractivity contribution in [2.24, 2.45) is 5.10 Å². The zero-order valence-corrected chi connectivity index (χ0v) is 17.6. The Morgan fingerprint density at radius 1 is 1.09 bits per heavy atom. The fourth-order valence-corrected chi connectivity index (χ4v) is 3.60. The molecule has 0 saturated carbocycles. The molecule has 1 aliphatic heterocycles. The third-order valence-electron chi connectivity index (χ3n) is 5.31. The minimum atomic E-state index is -4.40. The largest absolute Gasteiger partial charge is 0.504 e. The number of hydrogen-bond donors (Lipinski definition) is 2. The fourth-order valence-electron chi connectivity index (χ4n) is 3.60. The van der Waals surface area contributed by atoms with Gasteiger partial charge in [-0.05, 0) is 65.2 Å². The highest BCUT2D eigenvalue weighted by Gasteiger charge is 2.31. The van der Waals surface area contributed by atoms with Gasteiger partial charge in [-0.25, -0.2) is 5.43 Å². The third kappa shape index (κ3) is 4.92. The zero-order valence-electron chi connectivity index (χ0n) is 17.6. The number of halogens is 3. The molecule has 6 nitrogen and oxygen atoms in total. The van der Waals surface area contributed by atoms with E-state index in [0.29, 0.717) is 29.9 Å². The molecule has 2 N–H and O–H groups in total. The van der Waals surface area contributed by atoms with Gasteiger partial charge in [-0.2, -0.15) is 18.3 Å². The van der Waals surface area contributed by atoms with Crippen molar-refractivity contribution in [3.63, 3.8) is 0 Å². The van der Waals surface area contributed by atoms with Crippen LogP contribution < -0.4 is 15.1 Å². The summed E-state index contributed by atoms with van der Waals surface area (Å²) in [4.78, 5) is 14.3. The van der Waals surface area contributed by atoms with E-state index >= 15 is 0 Å². The molecule has 0 spiro atoms. The minimum absolute atomic E-state index is 0.00370. The Bertz CT molecular complexity index is 1230. The van der Waals surface area contributed by atoms with Gasteiger partial charge in [0, 0.05) is 24.3 Å². The number of carbonyl (C=O) groups is 1. The van der Waals surface area contributed by atoms with Crippen molar-refractivity contribution in [3.05, 3.63) is 88.5 Å². The van der Waals surface area contributed by atoms with Gasteiger partial charge in [0.1, 0.15) is 0 Å². The molecule has 0 unspecified atom stereocenters. The van der Waals surface area contributed by atoms with Crippen molar-refractivity contribution in [2.45, 2.75) is 19.3 Å². The van der Waals surface area contributed by atoms with Crippen molar-refractivity contribution in [1.29, 1.82) is 0 Å². The van der Waals surface area contributed by atoms with E-state index in [9.17, 15) is 23.1 Å². The number of nitrogens with one attached hydrogen (secondary N) is 1. The molecule has 4 rings (SSSR count). The van der Waals surface area contributed by atoms with Crippen LogP contribution in [0, 0.1) is 0 Å². The van der Waals surface area contributed by atoms with Gasteiger partial charge in [0.15, 0.2) is 11.5 Å². The van der Waals surface area contributed by atoms with Crippen LogP contribution in [0.1, 0.15) is 32.6 Å². The highest BCUT2D eigenvalue weighted by atomic mass is 19.4. The van der Waals surface area contributed by atoms with Crippen molar-refractivity contribution >= 4 is 17.8 Å². The van der Waals surface area contributed by atoms with Crippen molar-refractivity contribution in [3.8, 4) is 11.5 Å². The number of nitrogens with zero attached hydrogens (tertiary/aromatic N) is 2. The topological polar surface area (TPSA) is 74.2 Å².